The molecule has 0 unspecified atom stereocenters. The molecule has 0 radical (unpaired) electrons. The lowest BCUT2D eigenvalue weighted by Crippen LogP contribution is -1.95. The first-order valence-electron chi connectivity index (χ1n) is 5.74. The number of nitrogens with two attached hydrogens (primary N) is 1. The van der Waals surface area contributed by atoms with Gasteiger partial charge in [-0.2, -0.15) is 0 Å². The molecule has 0 fully saturated rings. The van der Waals surface area contributed by atoms with Crippen LogP contribution in [0.1, 0.15) is 5.56 Å². The van der Waals surface area contributed by atoms with Crippen molar-refractivity contribution in [2.24, 2.45) is 5.73 Å². The topological polar surface area (TPSA) is 41.8 Å². The molecule has 1 heterocycles. The van der Waals surface area contributed by atoms with Gasteiger partial charge >= 0.3 is 0 Å². The molecule has 3 N–H and O–H groups in total. The Morgan fingerprint density at radius 1 is 1.00 bits per heavy atom. The van der Waals surface area contributed by atoms with Crippen LogP contribution in [0.5, 0.6) is 0 Å². The molecule has 0 atom stereocenters. The maximum Gasteiger partial charge on any atom is 0.0460 e. The van der Waals surface area contributed by atoms with Crippen LogP contribution in [0.2, 0.25) is 0 Å². The summed E-state index contributed by atoms with van der Waals surface area (Å²) in [5.74, 6) is 0. The van der Waals surface area contributed by atoms with E-state index in [2.05, 4.69) is 53.5 Å². The standard InChI is InChI=1S/C15H14N2/c16-10-11-3-1-4-12(9-11)13-5-2-6-15-14(13)7-8-17-15/h1-9,17H,10,16H2. The Bertz CT molecular complexity index is 653. The van der Waals surface area contributed by atoms with Gasteiger partial charge in [0.15, 0.2) is 0 Å². The third-order valence-corrected chi connectivity index (χ3v) is 3.07. The smallest absolute Gasteiger partial charge is 0.0460 e. The summed E-state index contributed by atoms with van der Waals surface area (Å²) in [5, 5.41) is 1.25. The zero-order chi connectivity index (χ0) is 11.7. The van der Waals surface area contributed by atoms with E-state index < -0.39 is 0 Å². The molecule has 0 bridgehead atoms. The van der Waals surface area contributed by atoms with E-state index in [9.17, 15) is 0 Å². The maximum atomic E-state index is 5.68. The van der Waals surface area contributed by atoms with Gasteiger partial charge in [-0.05, 0) is 34.9 Å². The highest BCUT2D eigenvalue weighted by molar-refractivity contribution is 5.95. The van der Waals surface area contributed by atoms with E-state index in [4.69, 9.17) is 5.73 Å². The van der Waals surface area contributed by atoms with Crippen molar-refractivity contribution in [3.63, 3.8) is 0 Å². The van der Waals surface area contributed by atoms with Crippen molar-refractivity contribution in [1.82, 2.24) is 4.98 Å². The quantitative estimate of drug-likeness (QED) is 0.686. The van der Waals surface area contributed by atoms with Gasteiger partial charge in [0.05, 0.1) is 0 Å². The molecular weight excluding hydrogens is 208 g/mol. The average Bonchev–Trinajstić information content (AvgIpc) is 2.87. The van der Waals surface area contributed by atoms with Crippen LogP contribution in [0.3, 0.4) is 0 Å². The fourth-order valence-corrected chi connectivity index (χ4v) is 2.20. The Hall–Kier alpha value is -2.06. The van der Waals surface area contributed by atoms with E-state index in [-0.39, 0.29) is 0 Å². The van der Waals surface area contributed by atoms with Crippen LogP contribution in [0.25, 0.3) is 22.0 Å². The fraction of sp³-hybridized carbons (Fsp3) is 0.0667. The maximum absolute atomic E-state index is 5.68. The molecule has 0 saturated carbocycles. The third kappa shape index (κ3) is 1.73. The first-order chi connectivity index (χ1) is 8.38. The van der Waals surface area contributed by atoms with Gasteiger partial charge in [-0.1, -0.05) is 30.3 Å². The number of nitrogens with one attached hydrogen (secondary N) is 1. The molecule has 0 aliphatic rings. The first-order valence-corrected chi connectivity index (χ1v) is 5.74. The first kappa shape index (κ1) is 10.1. The van der Waals surface area contributed by atoms with Crippen LogP contribution >= 0.6 is 0 Å². The van der Waals surface area contributed by atoms with Crippen molar-refractivity contribution < 1.29 is 0 Å². The number of benzene rings is 2. The minimum Gasteiger partial charge on any atom is -0.361 e. The SMILES string of the molecule is NCc1cccc(-c2cccc3[nH]ccc23)c1. The molecule has 2 nitrogen and oxygen atoms in total. The Morgan fingerprint density at radius 2 is 1.88 bits per heavy atom. The summed E-state index contributed by atoms with van der Waals surface area (Å²) in [6, 6.07) is 16.8. The predicted octanol–water partition coefficient (Wildman–Crippen LogP) is 3.29. The Morgan fingerprint density at radius 3 is 2.76 bits per heavy atom. The molecule has 0 spiro atoms. The molecule has 0 saturated heterocycles. The zero-order valence-electron chi connectivity index (χ0n) is 9.48. The second-order valence-electron chi connectivity index (χ2n) is 4.15. The van der Waals surface area contributed by atoms with Crippen molar-refractivity contribution in [1.29, 1.82) is 0 Å². The van der Waals surface area contributed by atoms with E-state index >= 15 is 0 Å². The summed E-state index contributed by atoms with van der Waals surface area (Å²) in [6.45, 7) is 0.580. The summed E-state index contributed by atoms with van der Waals surface area (Å²) < 4.78 is 0. The minimum absolute atomic E-state index is 0.580. The number of H-pyrrole nitrogens is 1. The normalized spacial score (nSPS) is 10.9. The van der Waals surface area contributed by atoms with Crippen molar-refractivity contribution >= 4 is 10.9 Å². The van der Waals surface area contributed by atoms with Gasteiger partial charge < -0.3 is 10.7 Å². The van der Waals surface area contributed by atoms with Gasteiger partial charge in [0, 0.05) is 23.6 Å². The zero-order valence-corrected chi connectivity index (χ0v) is 9.48. The van der Waals surface area contributed by atoms with E-state index in [0.717, 1.165) is 5.56 Å². The van der Waals surface area contributed by atoms with Gasteiger partial charge in [0.2, 0.25) is 0 Å². The van der Waals surface area contributed by atoms with E-state index in [1.807, 2.05) is 6.20 Å². The minimum atomic E-state index is 0.580. The highest BCUT2D eigenvalue weighted by atomic mass is 14.7. The van der Waals surface area contributed by atoms with Crippen molar-refractivity contribution in [3.05, 3.63) is 60.3 Å². The molecule has 17 heavy (non-hydrogen) atoms. The fourth-order valence-electron chi connectivity index (χ4n) is 2.20. The van der Waals surface area contributed by atoms with Crippen molar-refractivity contribution in [2.75, 3.05) is 0 Å². The summed E-state index contributed by atoms with van der Waals surface area (Å²) in [5.41, 5.74) is 10.5. The van der Waals surface area contributed by atoms with Crippen LogP contribution < -0.4 is 5.73 Å². The molecule has 0 aliphatic heterocycles. The van der Waals surface area contributed by atoms with Gasteiger partial charge in [0.1, 0.15) is 0 Å². The van der Waals surface area contributed by atoms with Gasteiger partial charge in [-0.25, -0.2) is 0 Å². The van der Waals surface area contributed by atoms with Gasteiger partial charge in [0.25, 0.3) is 0 Å². The molecule has 84 valence electrons. The largest absolute Gasteiger partial charge is 0.361 e. The van der Waals surface area contributed by atoms with Crippen LogP contribution in [-0.2, 0) is 6.54 Å². The van der Waals surface area contributed by atoms with Gasteiger partial charge in [-0.15, -0.1) is 0 Å². The Labute approximate surface area is 100 Å². The van der Waals surface area contributed by atoms with Crippen LogP contribution in [0.4, 0.5) is 0 Å². The molecule has 0 aliphatic carbocycles. The molecule has 2 aromatic carbocycles. The molecule has 0 amide bonds. The van der Waals surface area contributed by atoms with Crippen molar-refractivity contribution in [2.45, 2.75) is 6.54 Å². The summed E-state index contributed by atoms with van der Waals surface area (Å²) in [4.78, 5) is 3.23. The second kappa shape index (κ2) is 4.07. The Kier molecular flexibility index (Phi) is 2.42. The van der Waals surface area contributed by atoms with Gasteiger partial charge in [-0.3, -0.25) is 0 Å². The second-order valence-corrected chi connectivity index (χ2v) is 4.15. The Balaban J connectivity index is 2.23. The highest BCUT2D eigenvalue weighted by Crippen LogP contribution is 2.28. The van der Waals surface area contributed by atoms with Crippen molar-refractivity contribution in [3.8, 4) is 11.1 Å². The summed E-state index contributed by atoms with van der Waals surface area (Å²) in [6.07, 6.45) is 1.97. The number of fused-ring (bicyclic) bond motifs is 1. The summed E-state index contributed by atoms with van der Waals surface area (Å²) in [7, 11) is 0. The molecule has 2 heteroatoms. The molecular formula is C15H14N2. The van der Waals surface area contributed by atoms with E-state index in [1.165, 1.54) is 22.0 Å². The van der Waals surface area contributed by atoms with Crippen LogP contribution in [-0.4, -0.2) is 4.98 Å². The lowest BCUT2D eigenvalue weighted by Gasteiger charge is -2.05. The van der Waals surface area contributed by atoms with Crippen LogP contribution in [0.15, 0.2) is 54.7 Å². The molecule has 1 aromatic heterocycles. The lowest BCUT2D eigenvalue weighted by atomic mass is 10.00. The van der Waals surface area contributed by atoms with E-state index in [0.29, 0.717) is 6.54 Å². The highest BCUT2D eigenvalue weighted by Gasteiger charge is 2.04. The summed E-state index contributed by atoms with van der Waals surface area (Å²) >= 11 is 0. The predicted molar refractivity (Wildman–Crippen MR) is 71.6 cm³/mol. The third-order valence-electron chi connectivity index (χ3n) is 3.07. The average molecular weight is 222 g/mol. The monoisotopic (exact) mass is 222 g/mol. The lowest BCUT2D eigenvalue weighted by molar-refractivity contribution is 1.07. The number of hydrogen-bond acceptors (Lipinski definition) is 1. The molecule has 3 aromatic rings. The number of aromatic nitrogens is 1. The number of rotatable bonds is 2. The molecule has 3 rings (SSSR count). The number of hydrogen-bond donors (Lipinski definition) is 2. The van der Waals surface area contributed by atoms with E-state index in [1.54, 1.807) is 0 Å². The van der Waals surface area contributed by atoms with Crippen LogP contribution in [0, 0.1) is 0 Å². The number of aromatic amines is 1.